The van der Waals surface area contributed by atoms with Crippen molar-refractivity contribution in [2.24, 2.45) is 11.8 Å². The lowest BCUT2D eigenvalue weighted by Gasteiger charge is -2.28. The molecule has 1 nitrogen and oxygen atoms in total. The van der Waals surface area contributed by atoms with E-state index in [0.717, 1.165) is 5.57 Å². The molecule has 1 rings (SSSR count). The van der Waals surface area contributed by atoms with E-state index in [1.807, 2.05) is 6.08 Å². The van der Waals surface area contributed by atoms with Gasteiger partial charge in [-0.05, 0) is 95.6 Å². The van der Waals surface area contributed by atoms with Crippen molar-refractivity contribution in [3.63, 3.8) is 0 Å². The summed E-state index contributed by atoms with van der Waals surface area (Å²) in [6.07, 6.45) is 12.0. The lowest BCUT2D eigenvalue weighted by atomic mass is 9.91. The van der Waals surface area contributed by atoms with Crippen LogP contribution in [0.5, 0.6) is 0 Å². The molecule has 0 aromatic rings. The number of hydrogen-bond donors (Lipinski definition) is 0. The van der Waals surface area contributed by atoms with Gasteiger partial charge in [0.1, 0.15) is 0 Å². The second-order valence-electron chi connectivity index (χ2n) is 9.28. The van der Waals surface area contributed by atoms with Gasteiger partial charge in [-0.2, -0.15) is 0 Å². The molecule has 1 fully saturated rings. The van der Waals surface area contributed by atoms with E-state index in [1.165, 1.54) is 51.1 Å². The lowest BCUT2D eigenvalue weighted by molar-refractivity contribution is 0.352. The average Bonchev–Trinajstić information content (AvgIpc) is 3.53. The summed E-state index contributed by atoms with van der Waals surface area (Å²) >= 11 is 0. The van der Waals surface area contributed by atoms with Crippen LogP contribution in [0.3, 0.4) is 0 Å². The van der Waals surface area contributed by atoms with Crippen molar-refractivity contribution in [2.45, 2.75) is 67.9 Å². The van der Waals surface area contributed by atoms with Crippen LogP contribution in [0.25, 0.3) is 0 Å². The molecule has 1 aliphatic carbocycles. The van der Waals surface area contributed by atoms with Crippen LogP contribution >= 0.6 is 0 Å². The summed E-state index contributed by atoms with van der Waals surface area (Å²) in [4.78, 5) is 2.31. The highest BCUT2D eigenvalue weighted by atomic mass is 15.1. The molecule has 0 aromatic heterocycles. The van der Waals surface area contributed by atoms with E-state index in [0.29, 0.717) is 11.8 Å². The highest BCUT2D eigenvalue weighted by Gasteiger charge is 2.41. The highest BCUT2D eigenvalue weighted by molar-refractivity contribution is 5.56. The molecular weight excluding hydrogens is 386 g/mol. The summed E-state index contributed by atoms with van der Waals surface area (Å²) in [5.74, 6) is 1.11. The van der Waals surface area contributed by atoms with Crippen molar-refractivity contribution in [3.8, 4) is 0 Å². The van der Waals surface area contributed by atoms with Gasteiger partial charge in [-0.15, -0.1) is 0 Å². The molecule has 0 aromatic carbocycles. The molecule has 0 heterocycles. The van der Waals surface area contributed by atoms with Crippen LogP contribution in [0.4, 0.5) is 0 Å². The second-order valence-corrected chi connectivity index (χ2v) is 9.28. The van der Waals surface area contributed by atoms with Crippen LogP contribution in [-0.4, -0.2) is 18.0 Å². The predicted molar refractivity (Wildman–Crippen MR) is 146 cm³/mol. The summed E-state index contributed by atoms with van der Waals surface area (Å²) in [5.41, 5.74) is 10.8. The Bertz CT molecular complexity index is 926. The Morgan fingerprint density at radius 2 is 1.53 bits per heavy atom. The van der Waals surface area contributed by atoms with E-state index in [1.54, 1.807) is 0 Å². The number of likely N-dealkylation sites (N-methyl/N-ethyl adjacent to an activating group) is 1. The van der Waals surface area contributed by atoms with Gasteiger partial charge in [0.15, 0.2) is 0 Å². The van der Waals surface area contributed by atoms with E-state index in [9.17, 15) is 0 Å². The molecule has 0 aliphatic heterocycles. The second kappa shape index (κ2) is 11.9. The SMILES string of the molecule is C=CC(/C(C)=C/C(=C/C(C)N(C)C(=C)C1CC1C(=C)C)C(=C\C)/C(=C)C)=C(C)\C(C)=C/C. The molecule has 0 spiro atoms. The Morgan fingerprint density at radius 1 is 0.938 bits per heavy atom. The number of allylic oxidation sites excluding steroid dienone is 13. The van der Waals surface area contributed by atoms with Gasteiger partial charge in [0, 0.05) is 24.7 Å². The average molecular weight is 432 g/mol. The minimum Gasteiger partial charge on any atom is -0.372 e. The van der Waals surface area contributed by atoms with Crippen LogP contribution in [0, 0.1) is 11.8 Å². The lowest BCUT2D eigenvalue weighted by Crippen LogP contribution is -2.28. The highest BCUT2D eigenvalue weighted by Crippen LogP contribution is 2.48. The monoisotopic (exact) mass is 431 g/mol. The van der Waals surface area contributed by atoms with Crippen LogP contribution < -0.4 is 0 Å². The summed E-state index contributed by atoms with van der Waals surface area (Å²) in [6, 6.07) is 0.205. The summed E-state index contributed by atoms with van der Waals surface area (Å²) in [7, 11) is 2.15. The Labute approximate surface area is 198 Å². The maximum atomic E-state index is 4.41. The predicted octanol–water partition coefficient (Wildman–Crippen LogP) is 8.90. The molecule has 3 atom stereocenters. The first-order valence-corrected chi connectivity index (χ1v) is 11.7. The van der Waals surface area contributed by atoms with Crippen LogP contribution in [0.1, 0.15) is 61.8 Å². The zero-order valence-corrected chi connectivity index (χ0v) is 22.1. The maximum absolute atomic E-state index is 4.41. The summed E-state index contributed by atoms with van der Waals surface area (Å²) < 4.78 is 0. The molecule has 0 radical (unpaired) electrons. The molecule has 1 saturated carbocycles. The van der Waals surface area contributed by atoms with Crippen LogP contribution in [0.15, 0.2) is 107 Å². The first-order valence-electron chi connectivity index (χ1n) is 11.7. The summed E-state index contributed by atoms with van der Waals surface area (Å²) in [6.45, 7) is 33.9. The number of hydrogen-bond acceptors (Lipinski definition) is 1. The molecule has 1 heteroatoms. The smallest absolute Gasteiger partial charge is 0.0447 e. The number of rotatable bonds is 11. The molecule has 0 amide bonds. The molecule has 3 unspecified atom stereocenters. The topological polar surface area (TPSA) is 3.24 Å². The van der Waals surface area contributed by atoms with Crippen molar-refractivity contribution in [3.05, 3.63) is 107 Å². The largest absolute Gasteiger partial charge is 0.372 e. The van der Waals surface area contributed by atoms with Gasteiger partial charge < -0.3 is 4.90 Å². The maximum Gasteiger partial charge on any atom is 0.0447 e. The fraction of sp³-hybridized carbons (Fsp3) is 0.419. The zero-order chi connectivity index (χ0) is 24.7. The molecule has 32 heavy (non-hydrogen) atoms. The first kappa shape index (κ1) is 27.5. The van der Waals surface area contributed by atoms with Crippen LogP contribution in [-0.2, 0) is 0 Å². The zero-order valence-electron chi connectivity index (χ0n) is 22.1. The van der Waals surface area contributed by atoms with Gasteiger partial charge in [0.25, 0.3) is 0 Å². The van der Waals surface area contributed by atoms with E-state index >= 15 is 0 Å². The van der Waals surface area contributed by atoms with Gasteiger partial charge in [-0.25, -0.2) is 0 Å². The quantitative estimate of drug-likeness (QED) is 0.233. The van der Waals surface area contributed by atoms with Gasteiger partial charge in [0.05, 0.1) is 0 Å². The van der Waals surface area contributed by atoms with Gasteiger partial charge in [0.2, 0.25) is 0 Å². The van der Waals surface area contributed by atoms with Crippen molar-refractivity contribution >= 4 is 0 Å². The van der Waals surface area contributed by atoms with Gasteiger partial charge in [-0.3, -0.25) is 0 Å². The normalized spacial score (nSPS) is 21.5. The van der Waals surface area contributed by atoms with Crippen molar-refractivity contribution in [1.29, 1.82) is 0 Å². The van der Waals surface area contributed by atoms with Crippen molar-refractivity contribution in [1.82, 2.24) is 4.90 Å². The third-order valence-electron chi connectivity index (χ3n) is 6.83. The third kappa shape index (κ3) is 6.73. The molecule has 0 saturated heterocycles. The minimum absolute atomic E-state index is 0.205. The molecule has 1 aliphatic rings. The van der Waals surface area contributed by atoms with E-state index in [-0.39, 0.29) is 6.04 Å². The summed E-state index contributed by atoms with van der Waals surface area (Å²) in [5, 5.41) is 0. The fourth-order valence-electron chi connectivity index (χ4n) is 4.23. The Kier molecular flexibility index (Phi) is 10.2. The molecule has 0 bridgehead atoms. The molecule has 0 N–H and O–H groups in total. The van der Waals surface area contributed by atoms with E-state index < -0.39 is 0 Å². The van der Waals surface area contributed by atoms with Crippen LogP contribution in [0.2, 0.25) is 0 Å². The Balaban J connectivity index is 3.41. The van der Waals surface area contributed by atoms with Gasteiger partial charge >= 0.3 is 0 Å². The Morgan fingerprint density at radius 3 is 1.94 bits per heavy atom. The number of nitrogens with zero attached hydrogens (tertiary/aromatic N) is 1. The standard InChI is InChI=1S/C31H45N/c1-14-22(8)25(11)29(16-3)23(9)17-27(28(15-2)20(4)5)18-24(10)32(13)26(12)31-19-30(31)21(6)7/h14-18,24,30-31H,3-4,6,12,19H2,1-2,5,7-11,13H3/b22-14-,23-17+,27-18-,28-15-,29-25+. The van der Waals surface area contributed by atoms with E-state index in [2.05, 4.69) is 118 Å². The fourth-order valence-corrected chi connectivity index (χ4v) is 4.23. The third-order valence-corrected chi connectivity index (χ3v) is 6.83. The Hall–Kier alpha value is -2.54. The molecule has 174 valence electrons. The molecular formula is C31H45N. The van der Waals surface area contributed by atoms with Crippen molar-refractivity contribution < 1.29 is 0 Å². The van der Waals surface area contributed by atoms with Crippen molar-refractivity contribution in [2.75, 3.05) is 7.05 Å². The van der Waals surface area contributed by atoms with Gasteiger partial charge in [-0.1, -0.05) is 73.4 Å². The first-order chi connectivity index (χ1) is 14.9. The van der Waals surface area contributed by atoms with E-state index in [4.69, 9.17) is 0 Å². The minimum atomic E-state index is 0.205.